The van der Waals surface area contributed by atoms with Crippen LogP contribution in [0.2, 0.25) is 0 Å². The van der Waals surface area contributed by atoms with Gasteiger partial charge in [-0.25, -0.2) is 15.0 Å². The van der Waals surface area contributed by atoms with Gasteiger partial charge in [0.1, 0.15) is 29.1 Å². The first-order chi connectivity index (χ1) is 11.0. The zero-order valence-electron chi connectivity index (χ0n) is 13.6. The maximum atomic E-state index is 6.20. The summed E-state index contributed by atoms with van der Waals surface area (Å²) in [6, 6.07) is 0. The van der Waals surface area contributed by atoms with Crippen LogP contribution in [0.1, 0.15) is 33.4 Å². The van der Waals surface area contributed by atoms with Crippen LogP contribution in [0.4, 0.5) is 0 Å². The molecule has 0 N–H and O–H groups in total. The van der Waals surface area contributed by atoms with Crippen LogP contribution in [0, 0.1) is 0 Å². The van der Waals surface area contributed by atoms with Crippen molar-refractivity contribution in [3.63, 3.8) is 0 Å². The molecule has 2 fully saturated rings. The van der Waals surface area contributed by atoms with E-state index in [1.807, 2.05) is 24.7 Å². The second kappa shape index (κ2) is 5.41. The standard InChI is InChI=1S/C15H20N4O3S/c1-5-8-10-11(22-15(2,3)21-10)14(20-8)19-7-18-9-12(19)16-6-17-13(9)23-4/h6-8,10-11,14H,5H2,1-4H3/t8-,10+,11?,14-/m1/s1. The molecule has 124 valence electrons. The third kappa shape index (κ3) is 2.36. The van der Waals surface area contributed by atoms with Crippen LogP contribution >= 0.6 is 11.8 Å². The van der Waals surface area contributed by atoms with E-state index in [1.165, 1.54) is 0 Å². The van der Waals surface area contributed by atoms with Crippen LogP contribution in [-0.4, -0.2) is 49.9 Å². The lowest BCUT2D eigenvalue weighted by Crippen LogP contribution is -2.28. The van der Waals surface area contributed by atoms with Crippen molar-refractivity contribution >= 4 is 22.9 Å². The van der Waals surface area contributed by atoms with Crippen molar-refractivity contribution in [2.45, 2.75) is 62.5 Å². The molecule has 0 saturated carbocycles. The zero-order chi connectivity index (χ0) is 16.2. The Labute approximate surface area is 138 Å². The molecule has 2 aliphatic heterocycles. The Morgan fingerprint density at radius 2 is 2.00 bits per heavy atom. The number of hydrogen-bond acceptors (Lipinski definition) is 7. The predicted octanol–water partition coefficient (Wildman–Crippen LogP) is 2.38. The molecule has 4 atom stereocenters. The topological polar surface area (TPSA) is 71.3 Å². The van der Waals surface area contributed by atoms with Gasteiger partial charge in [0.05, 0.1) is 12.4 Å². The molecule has 2 saturated heterocycles. The molecule has 0 spiro atoms. The summed E-state index contributed by atoms with van der Waals surface area (Å²) >= 11 is 1.55. The minimum absolute atomic E-state index is 0.00563. The number of ether oxygens (including phenoxy) is 3. The summed E-state index contributed by atoms with van der Waals surface area (Å²) in [7, 11) is 0. The lowest BCUT2D eigenvalue weighted by Gasteiger charge is -2.24. The van der Waals surface area contributed by atoms with Crippen LogP contribution in [0.5, 0.6) is 0 Å². The molecule has 1 unspecified atom stereocenters. The number of aromatic nitrogens is 4. The summed E-state index contributed by atoms with van der Waals surface area (Å²) in [5.74, 6) is -0.597. The maximum absolute atomic E-state index is 6.20. The van der Waals surface area contributed by atoms with Crippen LogP contribution in [-0.2, 0) is 14.2 Å². The van der Waals surface area contributed by atoms with Gasteiger partial charge >= 0.3 is 0 Å². The van der Waals surface area contributed by atoms with Crippen molar-refractivity contribution in [3.05, 3.63) is 12.7 Å². The Morgan fingerprint density at radius 3 is 2.74 bits per heavy atom. The first-order valence-electron chi connectivity index (χ1n) is 7.76. The predicted molar refractivity (Wildman–Crippen MR) is 85.1 cm³/mol. The average Bonchev–Trinajstić information content (AvgIpc) is 3.17. The van der Waals surface area contributed by atoms with E-state index in [4.69, 9.17) is 14.2 Å². The summed E-state index contributed by atoms with van der Waals surface area (Å²) in [4.78, 5) is 13.1. The molecule has 2 aromatic heterocycles. The van der Waals surface area contributed by atoms with Gasteiger partial charge < -0.3 is 14.2 Å². The quantitative estimate of drug-likeness (QED) is 0.629. The fraction of sp³-hybridized carbons (Fsp3) is 0.667. The van der Waals surface area contributed by atoms with E-state index in [0.717, 1.165) is 22.6 Å². The monoisotopic (exact) mass is 336 g/mol. The van der Waals surface area contributed by atoms with Gasteiger partial charge in [0.15, 0.2) is 17.7 Å². The van der Waals surface area contributed by atoms with Crippen molar-refractivity contribution in [2.24, 2.45) is 0 Å². The highest BCUT2D eigenvalue weighted by Crippen LogP contribution is 2.44. The van der Waals surface area contributed by atoms with Gasteiger partial charge in [-0.05, 0) is 26.5 Å². The molecule has 2 aliphatic rings. The van der Waals surface area contributed by atoms with Crippen LogP contribution in [0.15, 0.2) is 17.7 Å². The minimum atomic E-state index is -0.597. The van der Waals surface area contributed by atoms with Gasteiger partial charge in [-0.15, -0.1) is 11.8 Å². The number of fused-ring (bicyclic) bond motifs is 2. The number of imidazole rings is 1. The van der Waals surface area contributed by atoms with Crippen LogP contribution in [0.25, 0.3) is 11.2 Å². The molecule has 2 aromatic rings. The maximum Gasteiger partial charge on any atom is 0.166 e. The zero-order valence-corrected chi connectivity index (χ0v) is 14.4. The number of thioether (sulfide) groups is 1. The van der Waals surface area contributed by atoms with Gasteiger partial charge in [0.25, 0.3) is 0 Å². The van der Waals surface area contributed by atoms with E-state index in [2.05, 4.69) is 21.9 Å². The summed E-state index contributed by atoms with van der Waals surface area (Å²) in [6.07, 6.45) is 5.65. The second-order valence-corrected chi connectivity index (χ2v) is 7.04. The van der Waals surface area contributed by atoms with E-state index in [0.29, 0.717) is 0 Å². The van der Waals surface area contributed by atoms with E-state index >= 15 is 0 Å². The van der Waals surface area contributed by atoms with Crippen molar-refractivity contribution in [1.29, 1.82) is 0 Å². The molecule has 4 heterocycles. The highest BCUT2D eigenvalue weighted by atomic mass is 32.2. The van der Waals surface area contributed by atoms with Gasteiger partial charge in [0, 0.05) is 0 Å². The second-order valence-electron chi connectivity index (χ2n) is 6.25. The number of nitrogens with zero attached hydrogens (tertiary/aromatic N) is 4. The molecular formula is C15H20N4O3S. The fourth-order valence-corrected chi connectivity index (χ4v) is 3.87. The Bertz CT molecular complexity index is 735. The smallest absolute Gasteiger partial charge is 0.166 e. The Kier molecular flexibility index (Phi) is 3.60. The lowest BCUT2D eigenvalue weighted by atomic mass is 10.1. The van der Waals surface area contributed by atoms with E-state index in [1.54, 1.807) is 24.4 Å². The summed E-state index contributed by atoms with van der Waals surface area (Å²) < 4.78 is 20.3. The van der Waals surface area contributed by atoms with Crippen molar-refractivity contribution in [3.8, 4) is 0 Å². The first kappa shape index (κ1) is 15.3. The number of rotatable bonds is 3. The SMILES string of the molecule is CC[C@H]1O[C@@H](n2cnc3c(SC)ncnc32)C2OC(C)(C)O[C@H]21. The molecule has 0 aliphatic carbocycles. The molecular weight excluding hydrogens is 316 g/mol. The van der Waals surface area contributed by atoms with E-state index in [-0.39, 0.29) is 24.5 Å². The van der Waals surface area contributed by atoms with Crippen LogP contribution in [0.3, 0.4) is 0 Å². The Hall–Kier alpha value is -1.22. The molecule has 23 heavy (non-hydrogen) atoms. The molecule has 0 amide bonds. The van der Waals surface area contributed by atoms with Gasteiger partial charge in [-0.2, -0.15) is 0 Å². The highest BCUT2D eigenvalue weighted by molar-refractivity contribution is 7.98. The molecule has 0 aromatic carbocycles. The third-order valence-electron chi connectivity index (χ3n) is 4.32. The lowest BCUT2D eigenvalue weighted by molar-refractivity contribution is -0.196. The van der Waals surface area contributed by atoms with Crippen molar-refractivity contribution < 1.29 is 14.2 Å². The summed E-state index contributed by atoms with van der Waals surface area (Å²) in [5.41, 5.74) is 1.55. The van der Waals surface area contributed by atoms with Crippen molar-refractivity contribution in [2.75, 3.05) is 6.26 Å². The molecule has 0 bridgehead atoms. The van der Waals surface area contributed by atoms with Crippen molar-refractivity contribution in [1.82, 2.24) is 19.5 Å². The summed E-state index contributed by atoms with van der Waals surface area (Å²) in [5, 5.41) is 0.860. The molecule has 0 radical (unpaired) electrons. The van der Waals surface area contributed by atoms with Gasteiger partial charge in [0.2, 0.25) is 0 Å². The normalized spacial score (nSPS) is 32.5. The highest BCUT2D eigenvalue weighted by Gasteiger charge is 2.55. The average molecular weight is 336 g/mol. The first-order valence-corrected chi connectivity index (χ1v) is 8.99. The summed E-state index contributed by atoms with van der Waals surface area (Å²) in [6.45, 7) is 5.98. The van der Waals surface area contributed by atoms with E-state index < -0.39 is 5.79 Å². The van der Waals surface area contributed by atoms with Gasteiger partial charge in [-0.1, -0.05) is 6.92 Å². The largest absolute Gasteiger partial charge is 0.349 e. The fourth-order valence-electron chi connectivity index (χ4n) is 3.38. The van der Waals surface area contributed by atoms with Crippen LogP contribution < -0.4 is 0 Å². The minimum Gasteiger partial charge on any atom is -0.349 e. The van der Waals surface area contributed by atoms with E-state index in [9.17, 15) is 0 Å². The Balaban J connectivity index is 1.76. The molecule has 4 rings (SSSR count). The Morgan fingerprint density at radius 1 is 1.22 bits per heavy atom. The number of hydrogen-bond donors (Lipinski definition) is 0. The third-order valence-corrected chi connectivity index (χ3v) is 5.01. The molecule has 7 nitrogen and oxygen atoms in total. The van der Waals surface area contributed by atoms with Gasteiger partial charge in [-0.3, -0.25) is 4.57 Å². The molecule has 8 heteroatoms.